The lowest BCUT2D eigenvalue weighted by Crippen LogP contribution is -2.50. The molecule has 0 aliphatic carbocycles. The standard InChI is InChI=1S/C13H19ClN2O/c1-10-8-16(6-5-15(10)2)13-4-3-12(14)7-11(13)9-17/h3-4,7,10,17H,5-6,8-9H2,1-2H3. The van der Waals surface area contributed by atoms with E-state index in [4.69, 9.17) is 11.6 Å². The number of benzene rings is 1. The molecule has 0 aromatic heterocycles. The highest BCUT2D eigenvalue weighted by Crippen LogP contribution is 2.26. The number of likely N-dealkylation sites (N-methyl/N-ethyl adjacent to an activating group) is 1. The van der Waals surface area contributed by atoms with Crippen molar-refractivity contribution in [2.45, 2.75) is 19.6 Å². The van der Waals surface area contributed by atoms with Gasteiger partial charge >= 0.3 is 0 Å². The first-order valence-electron chi connectivity index (χ1n) is 5.96. The molecule has 1 atom stereocenters. The molecule has 1 aliphatic rings. The van der Waals surface area contributed by atoms with E-state index < -0.39 is 0 Å². The molecule has 4 heteroatoms. The summed E-state index contributed by atoms with van der Waals surface area (Å²) in [6, 6.07) is 6.27. The molecule has 1 N–H and O–H groups in total. The summed E-state index contributed by atoms with van der Waals surface area (Å²) in [6.07, 6.45) is 0. The topological polar surface area (TPSA) is 26.7 Å². The van der Waals surface area contributed by atoms with Gasteiger partial charge in [-0.2, -0.15) is 0 Å². The minimum absolute atomic E-state index is 0.0383. The quantitative estimate of drug-likeness (QED) is 0.874. The maximum atomic E-state index is 9.40. The SMILES string of the molecule is CC1CN(c2ccc(Cl)cc2CO)CCN1C. The van der Waals surface area contributed by atoms with E-state index in [2.05, 4.69) is 23.8 Å². The first-order chi connectivity index (χ1) is 8.11. The minimum Gasteiger partial charge on any atom is -0.392 e. The third-order valence-corrected chi connectivity index (χ3v) is 3.75. The van der Waals surface area contributed by atoms with Gasteiger partial charge < -0.3 is 14.9 Å². The van der Waals surface area contributed by atoms with Gasteiger partial charge in [-0.05, 0) is 32.2 Å². The van der Waals surface area contributed by atoms with Gasteiger partial charge in [-0.3, -0.25) is 0 Å². The molecule has 1 heterocycles. The van der Waals surface area contributed by atoms with Gasteiger partial charge in [0.1, 0.15) is 0 Å². The predicted octanol–water partition coefficient (Wildman–Crippen LogP) is 1.97. The molecule has 0 radical (unpaired) electrons. The van der Waals surface area contributed by atoms with E-state index in [1.54, 1.807) is 0 Å². The Kier molecular flexibility index (Phi) is 3.92. The molecular weight excluding hydrogens is 236 g/mol. The molecule has 0 spiro atoms. The number of halogens is 1. The zero-order chi connectivity index (χ0) is 12.4. The minimum atomic E-state index is 0.0383. The van der Waals surface area contributed by atoms with Gasteiger partial charge in [0.25, 0.3) is 0 Å². The second-order valence-electron chi connectivity index (χ2n) is 4.71. The Labute approximate surface area is 108 Å². The van der Waals surface area contributed by atoms with Crippen LogP contribution in [0.15, 0.2) is 18.2 Å². The number of hydrogen-bond donors (Lipinski definition) is 1. The Balaban J connectivity index is 2.22. The van der Waals surface area contributed by atoms with Crippen molar-refractivity contribution in [3.8, 4) is 0 Å². The van der Waals surface area contributed by atoms with Crippen LogP contribution in [0.25, 0.3) is 0 Å². The van der Waals surface area contributed by atoms with E-state index in [-0.39, 0.29) is 6.61 Å². The Morgan fingerprint density at radius 1 is 1.41 bits per heavy atom. The normalized spacial score (nSPS) is 21.9. The molecule has 2 rings (SSSR count). The van der Waals surface area contributed by atoms with E-state index >= 15 is 0 Å². The van der Waals surface area contributed by atoms with Crippen LogP contribution < -0.4 is 4.90 Å². The molecule has 1 aromatic rings. The lowest BCUT2D eigenvalue weighted by molar-refractivity contribution is 0.233. The molecule has 1 saturated heterocycles. The maximum Gasteiger partial charge on any atom is 0.0702 e. The van der Waals surface area contributed by atoms with Crippen LogP contribution in [0.2, 0.25) is 5.02 Å². The van der Waals surface area contributed by atoms with Gasteiger partial charge in [-0.25, -0.2) is 0 Å². The fourth-order valence-corrected chi connectivity index (χ4v) is 2.45. The molecule has 1 aromatic carbocycles. The fourth-order valence-electron chi connectivity index (χ4n) is 2.26. The molecule has 1 fully saturated rings. The second-order valence-corrected chi connectivity index (χ2v) is 5.14. The molecule has 3 nitrogen and oxygen atoms in total. The molecule has 0 amide bonds. The summed E-state index contributed by atoms with van der Waals surface area (Å²) in [5.41, 5.74) is 2.02. The molecule has 0 bridgehead atoms. The summed E-state index contributed by atoms with van der Waals surface area (Å²) in [6.45, 7) is 5.30. The van der Waals surface area contributed by atoms with E-state index in [0.29, 0.717) is 11.1 Å². The van der Waals surface area contributed by atoms with Crippen LogP contribution in [0.3, 0.4) is 0 Å². The van der Waals surface area contributed by atoms with Crippen molar-refractivity contribution in [2.75, 3.05) is 31.6 Å². The van der Waals surface area contributed by atoms with Crippen molar-refractivity contribution in [3.05, 3.63) is 28.8 Å². The van der Waals surface area contributed by atoms with Gasteiger partial charge in [0, 0.05) is 41.9 Å². The highest BCUT2D eigenvalue weighted by Gasteiger charge is 2.22. The van der Waals surface area contributed by atoms with Crippen molar-refractivity contribution in [3.63, 3.8) is 0 Å². The Hall–Kier alpha value is -0.770. The lowest BCUT2D eigenvalue weighted by atomic mass is 10.1. The zero-order valence-electron chi connectivity index (χ0n) is 10.4. The van der Waals surface area contributed by atoms with Crippen LogP contribution in [0, 0.1) is 0 Å². The summed E-state index contributed by atoms with van der Waals surface area (Å²) in [4.78, 5) is 4.68. The maximum absolute atomic E-state index is 9.40. The number of rotatable bonds is 2. The predicted molar refractivity (Wildman–Crippen MR) is 71.7 cm³/mol. The van der Waals surface area contributed by atoms with Crippen LogP contribution in [0.1, 0.15) is 12.5 Å². The second kappa shape index (κ2) is 5.25. The Morgan fingerprint density at radius 2 is 2.18 bits per heavy atom. The average molecular weight is 255 g/mol. The number of piperazine rings is 1. The highest BCUT2D eigenvalue weighted by atomic mass is 35.5. The number of aliphatic hydroxyl groups excluding tert-OH is 1. The van der Waals surface area contributed by atoms with Crippen molar-refractivity contribution in [1.29, 1.82) is 0 Å². The van der Waals surface area contributed by atoms with Crippen LogP contribution in [0.4, 0.5) is 5.69 Å². The van der Waals surface area contributed by atoms with E-state index in [0.717, 1.165) is 30.9 Å². The Bertz CT molecular complexity index is 397. The molecule has 17 heavy (non-hydrogen) atoms. The summed E-state index contributed by atoms with van der Waals surface area (Å²) < 4.78 is 0. The molecule has 1 aliphatic heterocycles. The first kappa shape index (κ1) is 12.7. The van der Waals surface area contributed by atoms with Gasteiger partial charge in [-0.1, -0.05) is 11.6 Å². The first-order valence-corrected chi connectivity index (χ1v) is 6.34. The number of anilines is 1. The van der Waals surface area contributed by atoms with Crippen molar-refractivity contribution < 1.29 is 5.11 Å². The van der Waals surface area contributed by atoms with Gasteiger partial charge in [0.05, 0.1) is 6.61 Å². The molecule has 1 unspecified atom stereocenters. The summed E-state index contributed by atoms with van der Waals surface area (Å²) in [5.74, 6) is 0. The van der Waals surface area contributed by atoms with Gasteiger partial charge in [0.2, 0.25) is 0 Å². The molecule has 94 valence electrons. The summed E-state index contributed by atoms with van der Waals surface area (Å²) in [7, 11) is 2.15. The average Bonchev–Trinajstić information content (AvgIpc) is 2.32. The Morgan fingerprint density at radius 3 is 2.82 bits per heavy atom. The van der Waals surface area contributed by atoms with E-state index in [1.807, 2.05) is 18.2 Å². The third-order valence-electron chi connectivity index (χ3n) is 3.51. The summed E-state index contributed by atoms with van der Waals surface area (Å²) in [5, 5.41) is 10.1. The van der Waals surface area contributed by atoms with Crippen LogP contribution in [-0.4, -0.2) is 42.7 Å². The van der Waals surface area contributed by atoms with Crippen molar-refractivity contribution >= 4 is 17.3 Å². The number of aliphatic hydroxyl groups is 1. The largest absolute Gasteiger partial charge is 0.392 e. The third kappa shape index (κ3) is 2.73. The van der Waals surface area contributed by atoms with Gasteiger partial charge in [0.15, 0.2) is 0 Å². The monoisotopic (exact) mass is 254 g/mol. The van der Waals surface area contributed by atoms with Crippen LogP contribution in [-0.2, 0) is 6.61 Å². The van der Waals surface area contributed by atoms with Crippen LogP contribution >= 0.6 is 11.6 Å². The lowest BCUT2D eigenvalue weighted by Gasteiger charge is -2.39. The highest BCUT2D eigenvalue weighted by molar-refractivity contribution is 6.30. The van der Waals surface area contributed by atoms with Crippen LogP contribution in [0.5, 0.6) is 0 Å². The zero-order valence-corrected chi connectivity index (χ0v) is 11.1. The summed E-state index contributed by atoms with van der Waals surface area (Å²) >= 11 is 5.95. The van der Waals surface area contributed by atoms with Crippen molar-refractivity contribution in [1.82, 2.24) is 4.90 Å². The van der Waals surface area contributed by atoms with E-state index in [9.17, 15) is 5.11 Å². The van der Waals surface area contributed by atoms with E-state index in [1.165, 1.54) is 0 Å². The molecular formula is C13H19ClN2O. The smallest absolute Gasteiger partial charge is 0.0702 e. The fraction of sp³-hybridized carbons (Fsp3) is 0.538. The molecule has 0 saturated carbocycles. The van der Waals surface area contributed by atoms with Gasteiger partial charge in [-0.15, -0.1) is 0 Å². The number of nitrogens with zero attached hydrogens (tertiary/aromatic N) is 2. The number of hydrogen-bond acceptors (Lipinski definition) is 3. The van der Waals surface area contributed by atoms with Crippen molar-refractivity contribution in [2.24, 2.45) is 0 Å².